The molecule has 0 spiro atoms. The summed E-state index contributed by atoms with van der Waals surface area (Å²) < 4.78 is 0. The van der Waals surface area contributed by atoms with Crippen molar-refractivity contribution in [1.82, 2.24) is 0 Å². The molecule has 0 aliphatic heterocycles. The van der Waals surface area contributed by atoms with Crippen molar-refractivity contribution in [2.45, 2.75) is 168 Å². The minimum Gasteiger partial charge on any atom is -0.0993 e. The van der Waals surface area contributed by atoms with Crippen LogP contribution in [0.4, 0.5) is 0 Å². The Balaban J connectivity index is -0.0000000102. The molecule has 0 heterocycles. The number of allylic oxidation sites excluding steroid dienone is 1. The molecular formula is C28H78Ar. The van der Waals surface area contributed by atoms with Gasteiger partial charge in [0.1, 0.15) is 0 Å². The van der Waals surface area contributed by atoms with Crippen molar-refractivity contribution in [3.8, 4) is 0 Å². The molecule has 0 aromatic carbocycles. The van der Waals surface area contributed by atoms with Crippen LogP contribution in [-0.4, -0.2) is 0 Å². The van der Waals surface area contributed by atoms with Gasteiger partial charge in [-0.2, -0.15) is 0 Å². The van der Waals surface area contributed by atoms with Crippen molar-refractivity contribution < 1.29 is 37.7 Å². The summed E-state index contributed by atoms with van der Waals surface area (Å²) in [6, 6.07) is 0. The van der Waals surface area contributed by atoms with Crippen LogP contribution in [0.3, 0.4) is 0 Å². The predicted octanol–water partition coefficient (Wildman–Crippen LogP) is 13.4. The summed E-state index contributed by atoms with van der Waals surface area (Å²) in [6.45, 7) is 37.6. The van der Waals surface area contributed by atoms with Crippen LogP contribution in [0.1, 0.15) is 168 Å². The first-order valence-electron chi connectivity index (χ1n) is 9.72. The molecule has 0 radical (unpaired) electrons. The molecule has 0 aliphatic rings. The Bertz CT molecular complexity index is 156. The molecule has 0 aromatic rings. The zero-order valence-corrected chi connectivity index (χ0v) is 20.7. The second-order valence-corrected chi connectivity index (χ2v) is 6.12. The summed E-state index contributed by atoms with van der Waals surface area (Å²) in [5, 5.41) is 0. The molecule has 0 aliphatic carbocycles. The van der Waals surface area contributed by atoms with E-state index in [0.717, 1.165) is 6.42 Å². The number of hydrogen-bond acceptors (Lipinski definition) is 0. The zero-order chi connectivity index (χ0) is 20.0. The molecule has 0 saturated heterocycles. The Hall–Kier alpha value is 1.000. The van der Waals surface area contributed by atoms with Crippen molar-refractivity contribution in [2.75, 3.05) is 0 Å². The first-order chi connectivity index (χ1) is 10.0. The molecule has 198 valence electrons. The molecule has 0 N–H and O–H groups in total. The Morgan fingerprint density at radius 1 is 0.552 bits per heavy atom. The van der Waals surface area contributed by atoms with Gasteiger partial charge in [-0.1, -0.05) is 174 Å². The van der Waals surface area contributed by atoms with E-state index in [9.17, 15) is 0 Å². The van der Waals surface area contributed by atoms with Crippen LogP contribution >= 0.6 is 0 Å². The van der Waals surface area contributed by atoms with Crippen molar-refractivity contribution in [1.29, 1.82) is 0 Å². The maximum absolute atomic E-state index is 3.94. The molecule has 0 atom stereocenters. The van der Waals surface area contributed by atoms with Crippen LogP contribution in [0.5, 0.6) is 0 Å². The fourth-order valence-corrected chi connectivity index (χ4v) is 0.530. The van der Waals surface area contributed by atoms with Gasteiger partial charge in [-0.3, -0.25) is 0 Å². The van der Waals surface area contributed by atoms with Crippen LogP contribution < -0.4 is 0 Å². The van der Waals surface area contributed by atoms with Gasteiger partial charge in [0.05, 0.1) is 0 Å². The van der Waals surface area contributed by atoms with E-state index in [0.29, 0.717) is 10.8 Å². The second kappa shape index (κ2) is 70.2. The van der Waals surface area contributed by atoms with Crippen molar-refractivity contribution in [3.05, 3.63) is 12.2 Å². The van der Waals surface area contributed by atoms with E-state index in [4.69, 9.17) is 0 Å². The van der Waals surface area contributed by atoms with Gasteiger partial charge >= 0.3 is 0 Å². The van der Waals surface area contributed by atoms with Crippen molar-refractivity contribution >= 4 is 0 Å². The first-order valence-corrected chi connectivity index (χ1v) is 9.72. The molecule has 0 bridgehead atoms. The van der Waals surface area contributed by atoms with Gasteiger partial charge < -0.3 is 0 Å². The third-order valence-electron chi connectivity index (χ3n) is 2.55. The molecule has 0 amide bonds. The normalized spacial score (nSPS) is 6.48. The van der Waals surface area contributed by atoms with Gasteiger partial charge in [0, 0.05) is 37.7 Å². The van der Waals surface area contributed by atoms with Crippen LogP contribution in [0, 0.1) is 48.6 Å². The maximum atomic E-state index is 3.94. The molecule has 0 aromatic heterocycles. The number of rotatable bonds is 1. The van der Waals surface area contributed by atoms with E-state index < -0.39 is 0 Å². The van der Waals surface area contributed by atoms with Gasteiger partial charge in [-0.25, -0.2) is 0 Å². The smallest absolute Gasteiger partial charge is 0 e. The second-order valence-electron chi connectivity index (χ2n) is 6.12. The van der Waals surface area contributed by atoms with E-state index in [1.54, 1.807) is 0 Å². The molecule has 0 rings (SSSR count). The van der Waals surface area contributed by atoms with Gasteiger partial charge in [0.25, 0.3) is 0 Å². The van der Waals surface area contributed by atoms with E-state index >= 15 is 0 Å². The van der Waals surface area contributed by atoms with Crippen LogP contribution in [0.15, 0.2) is 12.2 Å². The Morgan fingerprint density at radius 3 is 0.690 bits per heavy atom. The van der Waals surface area contributed by atoms with E-state index in [-0.39, 0.29) is 82.3 Å². The third kappa shape index (κ3) is 147. The quantitative estimate of drug-likeness (QED) is 0.345. The van der Waals surface area contributed by atoms with Gasteiger partial charge in [0.2, 0.25) is 0 Å². The molecule has 0 fully saturated rings. The Labute approximate surface area is 227 Å². The summed E-state index contributed by atoms with van der Waals surface area (Å²) in [4.78, 5) is 0. The summed E-state index contributed by atoms with van der Waals surface area (Å²) in [5.41, 5.74) is 2.19. The largest absolute Gasteiger partial charge is 0.0993 e. The molecular weight excluding hydrogens is 376 g/mol. The number of hydrogen-bond donors (Lipinski definition) is 0. The van der Waals surface area contributed by atoms with Crippen LogP contribution in [0.25, 0.3) is 0 Å². The summed E-state index contributed by atoms with van der Waals surface area (Å²) in [7, 11) is 0. The average Bonchev–Trinajstić information content (AvgIpc) is 2.53. The molecule has 0 saturated carbocycles. The monoisotopic (exact) mass is 455 g/mol. The molecule has 29 heavy (non-hydrogen) atoms. The van der Waals surface area contributed by atoms with Crippen LogP contribution in [-0.2, 0) is 0 Å². The van der Waals surface area contributed by atoms with Gasteiger partial charge in [0.15, 0.2) is 0 Å². The standard InChI is InChI=1S/C8H16.C6H14.4C2H6.6CH4.Ar/c1-6-7(2)8(3,4)5;1-5-6(2,3)4;4*1-2;;;;;;;/h2,6H2,1,3-5H3;5H2,1-4H3;4*1-2H3;6*1H4;. The Morgan fingerprint density at radius 2 is 0.690 bits per heavy atom. The summed E-state index contributed by atoms with van der Waals surface area (Å²) in [6.07, 6.45) is 2.37. The van der Waals surface area contributed by atoms with E-state index in [2.05, 4.69) is 62.0 Å². The average molecular weight is 455 g/mol. The molecule has 0 unspecified atom stereocenters. The summed E-state index contributed by atoms with van der Waals surface area (Å²) >= 11 is 0. The van der Waals surface area contributed by atoms with Crippen LogP contribution in [0.2, 0.25) is 0 Å². The molecule has 0 nitrogen and oxygen atoms in total. The maximum Gasteiger partial charge on any atom is 0 e. The van der Waals surface area contributed by atoms with Gasteiger partial charge in [-0.05, 0) is 17.3 Å². The van der Waals surface area contributed by atoms with Gasteiger partial charge in [-0.15, -0.1) is 0 Å². The van der Waals surface area contributed by atoms with Crippen molar-refractivity contribution in [3.63, 3.8) is 0 Å². The Kier molecular flexibility index (Phi) is 211. The SMILES string of the molecule is C.C.C.C.C.C.C=C(CC)C(C)(C)C.CC.CC.CC.CC.CCC(C)(C)C.[Ar]. The topological polar surface area (TPSA) is 0 Å². The predicted molar refractivity (Wildman–Crippen MR) is 154 cm³/mol. The fraction of sp³-hybridized carbons (Fsp3) is 0.929. The minimum atomic E-state index is 0. The molecule has 1 heteroatoms. The first kappa shape index (κ1) is 87.3. The minimum absolute atomic E-state index is 0. The third-order valence-corrected chi connectivity index (χ3v) is 2.55. The van der Waals surface area contributed by atoms with E-state index in [1.165, 1.54) is 12.0 Å². The van der Waals surface area contributed by atoms with Crippen molar-refractivity contribution in [2.24, 2.45) is 10.8 Å². The summed E-state index contributed by atoms with van der Waals surface area (Å²) in [5.74, 6) is 0. The fourth-order valence-electron chi connectivity index (χ4n) is 0.530. The van der Waals surface area contributed by atoms with E-state index in [1.807, 2.05) is 55.4 Å². The zero-order valence-electron chi connectivity index (χ0n) is 20.0.